The molecule has 0 aliphatic rings. The molecule has 2 N–H and O–H groups in total. The number of aryl methyl sites for hydroxylation is 1. The van der Waals surface area contributed by atoms with E-state index in [1.54, 1.807) is 44.4 Å². The lowest BCUT2D eigenvalue weighted by Crippen LogP contribution is -2.15. The van der Waals surface area contributed by atoms with E-state index in [9.17, 15) is 14.0 Å². The van der Waals surface area contributed by atoms with Gasteiger partial charge in [-0.15, -0.1) is 0 Å². The van der Waals surface area contributed by atoms with Crippen molar-refractivity contribution in [3.63, 3.8) is 0 Å². The normalized spacial score (nSPS) is 10.9. The van der Waals surface area contributed by atoms with Crippen molar-refractivity contribution in [1.29, 1.82) is 0 Å². The first-order valence-corrected chi connectivity index (χ1v) is 9.70. The summed E-state index contributed by atoms with van der Waals surface area (Å²) in [5.41, 5.74) is 1.74. The molecule has 0 saturated heterocycles. The number of aromatic amines is 1. The second-order valence-electron chi connectivity index (χ2n) is 6.57. The third-order valence-electron chi connectivity index (χ3n) is 4.57. The predicted molar refractivity (Wildman–Crippen MR) is 115 cm³/mol. The molecule has 0 aliphatic heterocycles. The number of aromatic nitrogens is 3. The van der Waals surface area contributed by atoms with Gasteiger partial charge in [0.05, 0.1) is 18.4 Å². The summed E-state index contributed by atoms with van der Waals surface area (Å²) in [6.07, 6.45) is 0. The lowest BCUT2D eigenvalue weighted by Gasteiger charge is -2.07. The largest absolute Gasteiger partial charge is 0.497 e. The Labute approximate surface area is 178 Å². The third kappa shape index (κ3) is 3.59. The van der Waals surface area contributed by atoms with Gasteiger partial charge in [0.15, 0.2) is 5.69 Å². The minimum Gasteiger partial charge on any atom is -0.497 e. The fraction of sp³-hybridized carbons (Fsp3) is 0.0952. The van der Waals surface area contributed by atoms with Gasteiger partial charge >= 0.3 is 0 Å². The molecule has 152 valence electrons. The van der Waals surface area contributed by atoms with Crippen molar-refractivity contribution in [2.75, 3.05) is 12.4 Å². The van der Waals surface area contributed by atoms with Crippen LogP contribution in [0.5, 0.6) is 5.75 Å². The quantitative estimate of drug-likeness (QED) is 0.468. The predicted octanol–water partition coefficient (Wildman–Crippen LogP) is 4.16. The molecule has 0 aliphatic carbocycles. The number of amides is 1. The number of halogens is 2. The molecule has 2 aromatic heterocycles. The minimum absolute atomic E-state index is 0.0196. The Hall–Kier alpha value is -3.46. The standard InChI is InChI=1S/C21H16BrFN4O3/c1-11-9-17(28)25-20-18(12-3-6-14(30-2)7-4-12)19(26-27(11)20)21(29)24-16-8-5-13(22)10-15(16)23/h3-10H,1-2H3,(H,24,29)(H,25,28). The van der Waals surface area contributed by atoms with Crippen LogP contribution >= 0.6 is 15.9 Å². The highest BCUT2D eigenvalue weighted by atomic mass is 79.9. The minimum atomic E-state index is -0.606. The van der Waals surface area contributed by atoms with E-state index in [0.717, 1.165) is 0 Å². The zero-order chi connectivity index (χ0) is 21.4. The average Bonchev–Trinajstić information content (AvgIpc) is 3.10. The number of carbonyl (C=O) groups is 1. The van der Waals surface area contributed by atoms with Gasteiger partial charge in [-0.3, -0.25) is 9.59 Å². The summed E-state index contributed by atoms with van der Waals surface area (Å²) in [7, 11) is 1.55. The topological polar surface area (TPSA) is 88.5 Å². The Morgan fingerprint density at radius 1 is 1.20 bits per heavy atom. The van der Waals surface area contributed by atoms with E-state index in [1.165, 1.54) is 22.7 Å². The summed E-state index contributed by atoms with van der Waals surface area (Å²) in [5, 5.41) is 6.94. The van der Waals surface area contributed by atoms with Gasteiger partial charge in [0, 0.05) is 16.2 Å². The number of H-pyrrole nitrogens is 1. The number of benzene rings is 2. The van der Waals surface area contributed by atoms with Crippen molar-refractivity contribution in [2.24, 2.45) is 0 Å². The maximum Gasteiger partial charge on any atom is 0.276 e. The number of anilines is 1. The summed E-state index contributed by atoms with van der Waals surface area (Å²) in [6, 6.07) is 12.7. The molecule has 0 unspecified atom stereocenters. The number of rotatable bonds is 4. The van der Waals surface area contributed by atoms with Gasteiger partial charge < -0.3 is 15.0 Å². The summed E-state index contributed by atoms with van der Waals surface area (Å²) in [6.45, 7) is 1.71. The van der Waals surface area contributed by atoms with Gasteiger partial charge in [-0.1, -0.05) is 28.1 Å². The van der Waals surface area contributed by atoms with Crippen LogP contribution in [0.1, 0.15) is 16.2 Å². The zero-order valence-corrected chi connectivity index (χ0v) is 17.6. The molecule has 0 saturated carbocycles. The summed E-state index contributed by atoms with van der Waals surface area (Å²) >= 11 is 3.19. The molecular formula is C21H16BrFN4O3. The number of carbonyl (C=O) groups excluding carboxylic acids is 1. The smallest absolute Gasteiger partial charge is 0.276 e. The molecule has 0 radical (unpaired) electrons. The van der Waals surface area contributed by atoms with E-state index in [2.05, 4.69) is 31.3 Å². The van der Waals surface area contributed by atoms with Gasteiger partial charge in [0.1, 0.15) is 17.2 Å². The van der Waals surface area contributed by atoms with E-state index >= 15 is 0 Å². The number of methoxy groups -OCH3 is 1. The van der Waals surface area contributed by atoms with Crippen LogP contribution in [0.15, 0.2) is 57.8 Å². The lowest BCUT2D eigenvalue weighted by atomic mass is 10.0. The van der Waals surface area contributed by atoms with Crippen LogP contribution < -0.4 is 15.6 Å². The van der Waals surface area contributed by atoms with E-state index < -0.39 is 11.7 Å². The Balaban J connectivity index is 1.88. The fourth-order valence-electron chi connectivity index (χ4n) is 3.15. The molecule has 4 rings (SSSR count). The summed E-state index contributed by atoms with van der Waals surface area (Å²) < 4.78 is 21.4. The first kappa shape index (κ1) is 19.8. The van der Waals surface area contributed by atoms with Crippen molar-refractivity contribution in [3.05, 3.63) is 80.6 Å². The molecule has 0 spiro atoms. The maximum absolute atomic E-state index is 14.2. The van der Waals surface area contributed by atoms with Crippen molar-refractivity contribution >= 4 is 33.2 Å². The SMILES string of the molecule is COc1ccc(-c2c(C(=O)Nc3ccc(Br)cc3F)nn3c(C)cc(=O)[nH]c23)cc1. The number of hydrogen-bond acceptors (Lipinski definition) is 4. The molecule has 30 heavy (non-hydrogen) atoms. The number of ether oxygens (including phenoxy) is 1. The van der Waals surface area contributed by atoms with Crippen molar-refractivity contribution < 1.29 is 13.9 Å². The first-order chi connectivity index (χ1) is 14.4. The second kappa shape index (κ2) is 7.75. The molecule has 1 amide bonds. The van der Waals surface area contributed by atoms with Crippen LogP contribution in [0.3, 0.4) is 0 Å². The third-order valence-corrected chi connectivity index (χ3v) is 5.07. The van der Waals surface area contributed by atoms with Gasteiger partial charge in [0.2, 0.25) is 0 Å². The van der Waals surface area contributed by atoms with Crippen LogP contribution in [-0.4, -0.2) is 27.6 Å². The summed E-state index contributed by atoms with van der Waals surface area (Å²) in [4.78, 5) is 27.9. The van der Waals surface area contributed by atoms with Gasteiger partial charge in [0.25, 0.3) is 11.5 Å². The van der Waals surface area contributed by atoms with Crippen molar-refractivity contribution in [3.8, 4) is 16.9 Å². The average molecular weight is 471 g/mol. The van der Waals surface area contributed by atoms with E-state index in [1.807, 2.05) is 0 Å². The number of hydrogen-bond donors (Lipinski definition) is 2. The second-order valence-corrected chi connectivity index (χ2v) is 7.48. The Kier molecular flexibility index (Phi) is 5.13. The molecule has 0 bridgehead atoms. The Bertz CT molecular complexity index is 1330. The molecule has 0 fully saturated rings. The number of nitrogens with one attached hydrogen (secondary N) is 2. The van der Waals surface area contributed by atoms with Gasteiger partial charge in [-0.05, 0) is 42.8 Å². The zero-order valence-electron chi connectivity index (χ0n) is 16.0. The molecule has 2 aromatic carbocycles. The van der Waals surface area contributed by atoms with E-state index in [0.29, 0.717) is 32.7 Å². The highest BCUT2D eigenvalue weighted by Gasteiger charge is 2.23. The van der Waals surface area contributed by atoms with Crippen LogP contribution in [0.2, 0.25) is 0 Å². The van der Waals surface area contributed by atoms with Crippen molar-refractivity contribution in [2.45, 2.75) is 6.92 Å². The lowest BCUT2D eigenvalue weighted by molar-refractivity contribution is 0.102. The van der Waals surface area contributed by atoms with Gasteiger partial charge in [-0.2, -0.15) is 5.10 Å². The number of fused-ring (bicyclic) bond motifs is 1. The van der Waals surface area contributed by atoms with Crippen LogP contribution in [0, 0.1) is 12.7 Å². The molecule has 4 aromatic rings. The first-order valence-electron chi connectivity index (χ1n) is 8.91. The Morgan fingerprint density at radius 2 is 1.93 bits per heavy atom. The number of nitrogens with zero attached hydrogens (tertiary/aromatic N) is 2. The monoisotopic (exact) mass is 470 g/mol. The van der Waals surface area contributed by atoms with Gasteiger partial charge in [-0.25, -0.2) is 8.91 Å². The van der Waals surface area contributed by atoms with Crippen LogP contribution in [-0.2, 0) is 0 Å². The fourth-order valence-corrected chi connectivity index (χ4v) is 3.49. The highest BCUT2D eigenvalue weighted by molar-refractivity contribution is 9.10. The molecule has 9 heteroatoms. The highest BCUT2D eigenvalue weighted by Crippen LogP contribution is 2.30. The molecular weight excluding hydrogens is 455 g/mol. The Morgan fingerprint density at radius 3 is 2.60 bits per heavy atom. The molecule has 0 atom stereocenters. The summed E-state index contributed by atoms with van der Waals surface area (Å²) in [5.74, 6) is -0.550. The van der Waals surface area contributed by atoms with Crippen LogP contribution in [0.4, 0.5) is 10.1 Å². The van der Waals surface area contributed by atoms with E-state index in [-0.39, 0.29) is 16.9 Å². The van der Waals surface area contributed by atoms with Crippen molar-refractivity contribution in [1.82, 2.24) is 14.6 Å². The maximum atomic E-state index is 14.2. The molecule has 2 heterocycles. The van der Waals surface area contributed by atoms with E-state index in [4.69, 9.17) is 4.74 Å². The van der Waals surface area contributed by atoms with Crippen LogP contribution in [0.25, 0.3) is 16.8 Å². The molecule has 7 nitrogen and oxygen atoms in total.